The maximum Gasteiger partial charge on any atom is 0.267 e. The van der Waals surface area contributed by atoms with E-state index in [2.05, 4.69) is 9.88 Å². The quantitative estimate of drug-likeness (QED) is 0.343. The minimum absolute atomic E-state index is 0.100. The van der Waals surface area contributed by atoms with Crippen LogP contribution in [-0.4, -0.2) is 57.7 Å². The van der Waals surface area contributed by atoms with Gasteiger partial charge in [-0.25, -0.2) is 14.7 Å². The number of anilines is 3. The van der Waals surface area contributed by atoms with Crippen molar-refractivity contribution in [3.05, 3.63) is 89.9 Å². The van der Waals surface area contributed by atoms with Crippen LogP contribution >= 0.6 is 0 Å². The third-order valence-electron chi connectivity index (χ3n) is 7.98. The summed E-state index contributed by atoms with van der Waals surface area (Å²) in [6.07, 6.45) is 3.19. The Balaban J connectivity index is 1.32. The highest BCUT2D eigenvalue weighted by atomic mass is 19.1. The molecule has 2 atom stereocenters. The van der Waals surface area contributed by atoms with Crippen molar-refractivity contribution < 1.29 is 9.18 Å². The largest absolute Gasteiger partial charge is 0.329 e. The number of amides is 1. The number of rotatable bonds is 5. The van der Waals surface area contributed by atoms with E-state index in [1.165, 1.54) is 6.07 Å². The minimum atomic E-state index is -0.503. The third kappa shape index (κ3) is 3.79. The summed E-state index contributed by atoms with van der Waals surface area (Å²) in [6, 6.07) is 23.1. The van der Waals surface area contributed by atoms with Crippen molar-refractivity contribution in [1.82, 2.24) is 19.7 Å². The monoisotopic (exact) mass is 521 g/mol. The summed E-state index contributed by atoms with van der Waals surface area (Å²) >= 11 is 0. The van der Waals surface area contributed by atoms with Crippen LogP contribution in [0.3, 0.4) is 0 Å². The van der Waals surface area contributed by atoms with Gasteiger partial charge in [-0.3, -0.25) is 14.6 Å². The molecule has 1 saturated carbocycles. The first-order chi connectivity index (χ1) is 19.0. The SMILES string of the molecule is CN1C(=O)c2c(nn(Cc3ccc(-c4cccc(F)n4)cc3)c2N(C)c2ccccc2)N2C1=N[C@@H]1CCC[C@@H]12. The number of guanidine groups is 1. The molecular formula is C30H28FN7O. The highest BCUT2D eigenvalue weighted by molar-refractivity contribution is 6.21. The van der Waals surface area contributed by atoms with Crippen molar-refractivity contribution in [3.63, 3.8) is 0 Å². The molecule has 1 fully saturated rings. The topological polar surface area (TPSA) is 69.9 Å². The Morgan fingerprint density at radius 1 is 1.00 bits per heavy atom. The molecule has 0 saturated heterocycles. The van der Waals surface area contributed by atoms with E-state index in [1.54, 1.807) is 24.1 Å². The molecule has 2 aromatic heterocycles. The van der Waals surface area contributed by atoms with Crippen LogP contribution in [0.4, 0.5) is 21.7 Å². The van der Waals surface area contributed by atoms with Gasteiger partial charge >= 0.3 is 0 Å². The van der Waals surface area contributed by atoms with Gasteiger partial charge in [0.15, 0.2) is 5.82 Å². The van der Waals surface area contributed by atoms with Crippen molar-refractivity contribution in [2.24, 2.45) is 4.99 Å². The first kappa shape index (κ1) is 23.6. The van der Waals surface area contributed by atoms with Gasteiger partial charge in [-0.15, -0.1) is 0 Å². The lowest BCUT2D eigenvalue weighted by Crippen LogP contribution is -2.51. The zero-order valence-corrected chi connectivity index (χ0v) is 21.8. The zero-order valence-electron chi connectivity index (χ0n) is 21.8. The number of para-hydroxylation sites is 1. The molecule has 0 spiro atoms. The summed E-state index contributed by atoms with van der Waals surface area (Å²) in [5.41, 5.74) is 3.98. The van der Waals surface area contributed by atoms with E-state index in [0.29, 0.717) is 29.6 Å². The molecule has 0 N–H and O–H groups in total. The molecule has 4 heterocycles. The van der Waals surface area contributed by atoms with E-state index in [1.807, 2.05) is 71.2 Å². The molecule has 9 heteroatoms. The molecule has 8 nitrogen and oxygen atoms in total. The maximum absolute atomic E-state index is 13.8. The number of carbonyl (C=O) groups is 1. The van der Waals surface area contributed by atoms with E-state index >= 15 is 0 Å². The number of fused-ring (bicyclic) bond motifs is 5. The standard InChI is InChI=1S/C30H28FN7O/c1-35(21-8-4-3-5-9-21)28-26-27(38-24-12-6-11-23(24)33-30(38)36(2)29(26)39)34-37(28)18-19-14-16-20(17-15-19)22-10-7-13-25(31)32-22/h3-5,7-10,13-17,23-24H,6,11-12,18H2,1-2H3/t23-,24+/m1/s1. The first-order valence-electron chi connectivity index (χ1n) is 13.3. The maximum atomic E-state index is 13.8. The zero-order chi connectivity index (χ0) is 26.7. The Morgan fingerprint density at radius 3 is 2.56 bits per heavy atom. The molecule has 0 bridgehead atoms. The lowest BCUT2D eigenvalue weighted by molar-refractivity contribution is 0.0865. The number of nitrogens with zero attached hydrogens (tertiary/aromatic N) is 7. The van der Waals surface area contributed by atoms with Crippen LogP contribution in [0.25, 0.3) is 11.3 Å². The Hall–Kier alpha value is -4.53. The van der Waals surface area contributed by atoms with Gasteiger partial charge in [0, 0.05) is 25.3 Å². The van der Waals surface area contributed by atoms with Gasteiger partial charge in [-0.2, -0.15) is 9.49 Å². The van der Waals surface area contributed by atoms with E-state index < -0.39 is 5.95 Å². The molecule has 196 valence electrons. The number of aliphatic imine (C=N–C) groups is 1. The van der Waals surface area contributed by atoms with Crippen molar-refractivity contribution in [2.75, 3.05) is 23.9 Å². The van der Waals surface area contributed by atoms with Crippen LogP contribution in [0.2, 0.25) is 0 Å². The average Bonchev–Trinajstić information content (AvgIpc) is 3.66. The summed E-state index contributed by atoms with van der Waals surface area (Å²) in [6.45, 7) is 0.460. The number of hydrogen-bond acceptors (Lipinski definition) is 6. The second kappa shape index (κ2) is 9.04. The van der Waals surface area contributed by atoms with Gasteiger partial charge in [0.25, 0.3) is 5.91 Å². The molecule has 1 amide bonds. The van der Waals surface area contributed by atoms with Gasteiger partial charge in [0.1, 0.15) is 11.4 Å². The molecular weight excluding hydrogens is 493 g/mol. The molecule has 2 aliphatic heterocycles. The van der Waals surface area contributed by atoms with Crippen LogP contribution in [0.1, 0.15) is 35.2 Å². The van der Waals surface area contributed by atoms with E-state index in [0.717, 1.165) is 41.9 Å². The summed E-state index contributed by atoms with van der Waals surface area (Å²) in [4.78, 5) is 28.6. The molecule has 0 radical (unpaired) electrons. The minimum Gasteiger partial charge on any atom is -0.329 e. The van der Waals surface area contributed by atoms with Crippen molar-refractivity contribution >= 4 is 29.2 Å². The second-order valence-corrected chi connectivity index (χ2v) is 10.3. The average molecular weight is 522 g/mol. The molecule has 1 aliphatic carbocycles. The van der Waals surface area contributed by atoms with Crippen molar-refractivity contribution in [2.45, 2.75) is 37.9 Å². The summed E-state index contributed by atoms with van der Waals surface area (Å²) in [5, 5.41) is 5.08. The fraction of sp³-hybridized carbons (Fsp3) is 0.267. The molecule has 0 unspecified atom stereocenters. The number of carbonyl (C=O) groups excluding carboxylic acids is 1. The predicted octanol–water partition coefficient (Wildman–Crippen LogP) is 5.08. The van der Waals surface area contributed by atoms with Crippen LogP contribution < -0.4 is 9.80 Å². The number of aromatic nitrogens is 3. The first-order valence-corrected chi connectivity index (χ1v) is 13.3. The van der Waals surface area contributed by atoms with E-state index in [4.69, 9.17) is 10.1 Å². The smallest absolute Gasteiger partial charge is 0.267 e. The predicted molar refractivity (Wildman–Crippen MR) is 149 cm³/mol. The molecule has 2 aromatic carbocycles. The molecule has 3 aliphatic rings. The Kier molecular flexibility index (Phi) is 5.47. The fourth-order valence-corrected chi connectivity index (χ4v) is 6.04. The lowest BCUT2D eigenvalue weighted by atomic mass is 10.1. The fourth-order valence-electron chi connectivity index (χ4n) is 6.04. The normalized spacial score (nSPS) is 19.6. The Labute approximate surface area is 226 Å². The Bertz CT molecular complexity index is 1600. The van der Waals surface area contributed by atoms with Gasteiger partial charge in [-0.1, -0.05) is 48.5 Å². The van der Waals surface area contributed by atoms with Crippen molar-refractivity contribution in [3.8, 4) is 11.3 Å². The van der Waals surface area contributed by atoms with E-state index in [-0.39, 0.29) is 18.0 Å². The number of hydrogen-bond donors (Lipinski definition) is 0. The summed E-state index contributed by atoms with van der Waals surface area (Å²) < 4.78 is 15.6. The van der Waals surface area contributed by atoms with Gasteiger partial charge < -0.3 is 4.90 Å². The number of halogens is 1. The molecule has 7 rings (SSSR count). The highest BCUT2D eigenvalue weighted by Crippen LogP contribution is 2.44. The summed E-state index contributed by atoms with van der Waals surface area (Å²) in [5.74, 6) is 1.52. The van der Waals surface area contributed by atoms with Crippen LogP contribution in [-0.2, 0) is 6.54 Å². The summed E-state index contributed by atoms with van der Waals surface area (Å²) in [7, 11) is 3.78. The van der Waals surface area contributed by atoms with Crippen molar-refractivity contribution in [1.29, 1.82) is 0 Å². The second-order valence-electron chi connectivity index (χ2n) is 10.3. The highest BCUT2D eigenvalue weighted by Gasteiger charge is 2.49. The third-order valence-corrected chi connectivity index (χ3v) is 7.98. The number of benzene rings is 2. The molecule has 39 heavy (non-hydrogen) atoms. The molecule has 4 aromatic rings. The van der Waals surface area contributed by atoms with Crippen LogP contribution in [0.15, 0.2) is 77.8 Å². The van der Waals surface area contributed by atoms with Crippen LogP contribution in [0.5, 0.6) is 0 Å². The van der Waals surface area contributed by atoms with Gasteiger partial charge in [0.2, 0.25) is 11.9 Å². The van der Waals surface area contributed by atoms with E-state index in [9.17, 15) is 9.18 Å². The van der Waals surface area contributed by atoms with Gasteiger partial charge in [-0.05, 0) is 49.1 Å². The number of pyridine rings is 1. The van der Waals surface area contributed by atoms with Crippen LogP contribution in [0, 0.1) is 5.95 Å². The van der Waals surface area contributed by atoms with Gasteiger partial charge in [0.05, 0.1) is 24.3 Å². The lowest BCUT2D eigenvalue weighted by Gasteiger charge is -2.34. The Morgan fingerprint density at radius 2 is 1.79 bits per heavy atom.